The van der Waals surface area contributed by atoms with Crippen LogP contribution < -0.4 is 0 Å². The molecule has 0 aliphatic rings. The minimum Gasteiger partial charge on any atom is -0.772 e. The van der Waals surface area contributed by atoms with Gasteiger partial charge in [-0.1, -0.05) is 18.0 Å². The zero-order valence-corrected chi connectivity index (χ0v) is 8.50. The number of rotatable bonds is 2. The van der Waals surface area contributed by atoms with Crippen LogP contribution in [0.2, 0.25) is 0 Å². The predicted molar refractivity (Wildman–Crippen MR) is 44.8 cm³/mol. The summed E-state index contributed by atoms with van der Waals surface area (Å²) in [5.74, 6) is 0.292. The Bertz CT molecular complexity index is 187. The van der Waals surface area contributed by atoms with Crippen LogP contribution in [0.25, 0.3) is 0 Å². The molecule has 0 saturated heterocycles. The van der Waals surface area contributed by atoms with Crippen LogP contribution in [0.3, 0.4) is 0 Å². The van der Waals surface area contributed by atoms with E-state index < -0.39 is 20.9 Å². The minimum absolute atomic E-state index is 0.292. The molecule has 1 unspecified atom stereocenters. The van der Waals surface area contributed by atoms with Gasteiger partial charge in [-0.2, -0.15) is 0 Å². The molecule has 0 aromatic carbocycles. The van der Waals surface area contributed by atoms with Crippen molar-refractivity contribution >= 4 is 20.9 Å². The molecule has 0 bridgehead atoms. The zero-order valence-electron chi connectivity index (χ0n) is 6.86. The van der Waals surface area contributed by atoms with Gasteiger partial charge in [-0.3, -0.25) is 4.21 Å². The van der Waals surface area contributed by atoms with Gasteiger partial charge in [-0.05, 0) is 6.42 Å². The lowest BCUT2D eigenvalue weighted by Gasteiger charge is -1.97. The lowest BCUT2D eigenvalue weighted by molar-refractivity contribution is 0.536. The number of sulfone groups is 1. The standard InChI is InChI=1S/C3H8O2S.C2H6O2S/c1-2-3-6(4)5;1-5(2,3)4/h2-3H2,1H3,(H,4,5);1-2H3/p-1. The molecule has 70 valence electrons. The van der Waals surface area contributed by atoms with Crippen molar-refractivity contribution in [2.24, 2.45) is 0 Å². The third-order valence-electron chi connectivity index (χ3n) is 0.371. The topological polar surface area (TPSA) is 74.3 Å². The molecule has 6 heteroatoms. The summed E-state index contributed by atoms with van der Waals surface area (Å²) in [6, 6.07) is 0. The van der Waals surface area contributed by atoms with Crippen LogP contribution in [-0.2, 0) is 20.9 Å². The molecule has 4 nitrogen and oxygen atoms in total. The second-order valence-electron chi connectivity index (χ2n) is 2.15. The normalized spacial score (nSPS) is 13.1. The van der Waals surface area contributed by atoms with E-state index in [9.17, 15) is 17.2 Å². The van der Waals surface area contributed by atoms with Crippen molar-refractivity contribution in [3.63, 3.8) is 0 Å². The van der Waals surface area contributed by atoms with Gasteiger partial charge in [-0.25, -0.2) is 8.42 Å². The summed E-state index contributed by atoms with van der Waals surface area (Å²) in [7, 11) is -2.67. The van der Waals surface area contributed by atoms with Gasteiger partial charge in [0, 0.05) is 18.3 Å². The highest BCUT2D eigenvalue weighted by atomic mass is 32.2. The lowest BCUT2D eigenvalue weighted by Crippen LogP contribution is -1.90. The van der Waals surface area contributed by atoms with Gasteiger partial charge in [0.25, 0.3) is 0 Å². The molecule has 1 atom stereocenters. The Morgan fingerprint density at radius 2 is 1.64 bits per heavy atom. The van der Waals surface area contributed by atoms with Gasteiger partial charge in [0.15, 0.2) is 0 Å². The molecule has 0 saturated carbocycles. The maximum atomic E-state index is 9.63. The van der Waals surface area contributed by atoms with Crippen molar-refractivity contribution < 1.29 is 17.2 Å². The van der Waals surface area contributed by atoms with E-state index in [0.29, 0.717) is 5.75 Å². The van der Waals surface area contributed by atoms with Crippen LogP contribution in [0, 0.1) is 0 Å². The van der Waals surface area contributed by atoms with E-state index in [4.69, 9.17) is 0 Å². The SMILES string of the molecule is CCCS(=O)[O-].CS(C)(=O)=O. The predicted octanol–water partition coefficient (Wildman–Crippen LogP) is -0.0637. The second kappa shape index (κ2) is 6.75. The first kappa shape index (κ1) is 13.6. The summed E-state index contributed by atoms with van der Waals surface area (Å²) in [6.07, 6.45) is 3.04. The van der Waals surface area contributed by atoms with Gasteiger partial charge in [0.05, 0.1) is 0 Å². The first-order chi connectivity index (χ1) is 4.77. The fourth-order valence-electron chi connectivity index (χ4n) is 0.167. The fraction of sp³-hybridized carbons (Fsp3) is 1.00. The highest BCUT2D eigenvalue weighted by Gasteiger charge is 1.79. The van der Waals surface area contributed by atoms with E-state index in [1.54, 1.807) is 0 Å². The van der Waals surface area contributed by atoms with E-state index in [1.165, 1.54) is 0 Å². The third kappa shape index (κ3) is 69.8. The summed E-state index contributed by atoms with van der Waals surface area (Å²) in [5, 5.41) is 0. The van der Waals surface area contributed by atoms with E-state index >= 15 is 0 Å². The first-order valence-corrected chi connectivity index (χ1v) is 6.52. The third-order valence-corrected chi connectivity index (χ3v) is 1.11. The molecule has 0 aromatic rings. The highest BCUT2D eigenvalue weighted by molar-refractivity contribution is 7.89. The summed E-state index contributed by atoms with van der Waals surface area (Å²) >= 11 is -1.82. The maximum absolute atomic E-state index is 9.63. The van der Waals surface area contributed by atoms with Crippen LogP contribution in [0.1, 0.15) is 13.3 Å². The summed E-state index contributed by atoms with van der Waals surface area (Å²) in [4.78, 5) is 0. The molecule has 11 heavy (non-hydrogen) atoms. The minimum atomic E-state index is -2.67. The molecular formula is C5H13O4S2-. The molecule has 0 aliphatic heterocycles. The van der Waals surface area contributed by atoms with Gasteiger partial charge < -0.3 is 4.55 Å². The molecule has 0 spiro atoms. The number of hydrogen-bond donors (Lipinski definition) is 0. The second-order valence-corrected chi connectivity index (χ2v) is 5.45. The molecule has 0 aromatic heterocycles. The monoisotopic (exact) mass is 201 g/mol. The zero-order chi connectivity index (χ0) is 9.49. The smallest absolute Gasteiger partial charge is 0.144 e. The Morgan fingerprint density at radius 1 is 1.36 bits per heavy atom. The molecule has 0 radical (unpaired) electrons. The molecule has 0 amide bonds. The Labute approximate surface area is 70.2 Å². The van der Waals surface area contributed by atoms with Crippen molar-refractivity contribution in [1.29, 1.82) is 0 Å². The van der Waals surface area contributed by atoms with Gasteiger partial charge in [0.1, 0.15) is 9.84 Å². The van der Waals surface area contributed by atoms with Crippen molar-refractivity contribution in [2.45, 2.75) is 13.3 Å². The molecular weight excluding hydrogens is 188 g/mol. The number of hydrogen-bond acceptors (Lipinski definition) is 4. The van der Waals surface area contributed by atoms with Gasteiger partial charge in [-0.15, -0.1) is 0 Å². The highest BCUT2D eigenvalue weighted by Crippen LogP contribution is 1.76. The quantitative estimate of drug-likeness (QED) is 0.586. The van der Waals surface area contributed by atoms with E-state index in [2.05, 4.69) is 0 Å². The van der Waals surface area contributed by atoms with Gasteiger partial charge >= 0.3 is 0 Å². The van der Waals surface area contributed by atoms with Crippen molar-refractivity contribution in [3.8, 4) is 0 Å². The lowest BCUT2D eigenvalue weighted by atomic mass is 10.6. The average molecular weight is 201 g/mol. The van der Waals surface area contributed by atoms with E-state index in [-0.39, 0.29) is 0 Å². The van der Waals surface area contributed by atoms with Crippen LogP contribution in [0.5, 0.6) is 0 Å². The fourth-order valence-corrected chi connectivity index (χ4v) is 0.500. The Morgan fingerprint density at radius 3 is 1.64 bits per heavy atom. The Hall–Kier alpha value is 0.0600. The van der Waals surface area contributed by atoms with Crippen LogP contribution in [0.4, 0.5) is 0 Å². The van der Waals surface area contributed by atoms with Crippen LogP contribution in [-0.4, -0.2) is 35.4 Å². The van der Waals surface area contributed by atoms with E-state index in [1.807, 2.05) is 6.92 Å². The molecule has 0 fully saturated rings. The Balaban J connectivity index is 0. The van der Waals surface area contributed by atoms with Crippen molar-refractivity contribution in [2.75, 3.05) is 18.3 Å². The summed E-state index contributed by atoms with van der Waals surface area (Å²) in [5.41, 5.74) is 0. The molecule has 0 aliphatic carbocycles. The maximum Gasteiger partial charge on any atom is 0.144 e. The summed E-state index contributed by atoms with van der Waals surface area (Å²) in [6.45, 7) is 1.83. The van der Waals surface area contributed by atoms with E-state index in [0.717, 1.165) is 18.9 Å². The molecule has 0 N–H and O–H groups in total. The van der Waals surface area contributed by atoms with Gasteiger partial charge in [0.2, 0.25) is 0 Å². The molecule has 0 rings (SSSR count). The van der Waals surface area contributed by atoms with Crippen molar-refractivity contribution in [3.05, 3.63) is 0 Å². The largest absolute Gasteiger partial charge is 0.772 e. The Kier molecular flexibility index (Phi) is 8.37. The molecule has 0 heterocycles. The van der Waals surface area contributed by atoms with Crippen LogP contribution >= 0.6 is 0 Å². The average Bonchev–Trinajstić information content (AvgIpc) is 1.58. The van der Waals surface area contributed by atoms with Crippen molar-refractivity contribution in [1.82, 2.24) is 0 Å². The van der Waals surface area contributed by atoms with Crippen LogP contribution in [0.15, 0.2) is 0 Å². The first-order valence-electron chi connectivity index (χ1n) is 2.98. The summed E-state index contributed by atoms with van der Waals surface area (Å²) < 4.78 is 38.5.